The number of aliphatic hydroxyl groups is 1. The lowest BCUT2D eigenvalue weighted by molar-refractivity contribution is 0.175. The highest BCUT2D eigenvalue weighted by molar-refractivity contribution is 9.11. The Labute approximate surface area is 123 Å². The van der Waals surface area contributed by atoms with Gasteiger partial charge >= 0.3 is 0 Å². The maximum atomic E-state index is 10.3. The summed E-state index contributed by atoms with van der Waals surface area (Å²) in [5.74, 6) is 0. The van der Waals surface area contributed by atoms with Crippen LogP contribution in [0.2, 0.25) is 0 Å². The van der Waals surface area contributed by atoms with Crippen molar-refractivity contribution in [3.8, 4) is 0 Å². The standard InChI is InChI=1S/C13H14Br2N2O/c1-8-3-12(17(2)16-8)7-13(18)9-4-10(14)6-11(15)5-9/h3-6,13,18H,7H2,1-2H3. The summed E-state index contributed by atoms with van der Waals surface area (Å²) in [7, 11) is 1.89. The van der Waals surface area contributed by atoms with Crippen molar-refractivity contribution in [2.24, 2.45) is 7.05 Å². The Morgan fingerprint density at radius 2 is 1.83 bits per heavy atom. The zero-order valence-electron chi connectivity index (χ0n) is 10.2. The van der Waals surface area contributed by atoms with Crippen LogP contribution in [-0.4, -0.2) is 14.9 Å². The van der Waals surface area contributed by atoms with Crippen molar-refractivity contribution in [1.82, 2.24) is 9.78 Å². The number of hydrogen-bond donors (Lipinski definition) is 1. The molecule has 0 radical (unpaired) electrons. The van der Waals surface area contributed by atoms with E-state index in [0.29, 0.717) is 6.42 Å². The molecule has 0 saturated carbocycles. The lowest BCUT2D eigenvalue weighted by atomic mass is 10.0. The molecule has 0 spiro atoms. The molecule has 2 aromatic rings. The molecule has 1 unspecified atom stereocenters. The molecule has 0 saturated heterocycles. The van der Waals surface area contributed by atoms with Gasteiger partial charge in [-0.2, -0.15) is 5.10 Å². The minimum Gasteiger partial charge on any atom is -0.388 e. The first kappa shape index (κ1) is 13.8. The molecular formula is C13H14Br2N2O. The van der Waals surface area contributed by atoms with Gasteiger partial charge in [0.1, 0.15) is 0 Å². The van der Waals surface area contributed by atoms with E-state index in [1.165, 1.54) is 0 Å². The van der Waals surface area contributed by atoms with E-state index in [4.69, 9.17) is 0 Å². The second-order valence-electron chi connectivity index (χ2n) is 4.32. The molecule has 18 heavy (non-hydrogen) atoms. The zero-order valence-corrected chi connectivity index (χ0v) is 13.4. The Bertz CT molecular complexity index is 546. The number of aromatic nitrogens is 2. The molecule has 1 atom stereocenters. The smallest absolute Gasteiger partial charge is 0.0846 e. The van der Waals surface area contributed by atoms with Crippen molar-refractivity contribution in [1.29, 1.82) is 0 Å². The van der Waals surface area contributed by atoms with E-state index in [1.807, 2.05) is 42.9 Å². The first-order valence-corrected chi connectivity index (χ1v) is 7.18. The van der Waals surface area contributed by atoms with Gasteiger partial charge in [0.05, 0.1) is 11.8 Å². The van der Waals surface area contributed by atoms with Gasteiger partial charge in [-0.3, -0.25) is 4.68 Å². The second-order valence-corrected chi connectivity index (χ2v) is 6.15. The number of hydrogen-bond acceptors (Lipinski definition) is 2. The van der Waals surface area contributed by atoms with Crippen molar-refractivity contribution < 1.29 is 5.11 Å². The van der Waals surface area contributed by atoms with Gasteiger partial charge in [-0.05, 0) is 36.8 Å². The zero-order chi connectivity index (χ0) is 13.3. The van der Waals surface area contributed by atoms with Crippen LogP contribution in [-0.2, 0) is 13.5 Å². The van der Waals surface area contributed by atoms with Crippen LogP contribution in [0.3, 0.4) is 0 Å². The van der Waals surface area contributed by atoms with Crippen LogP contribution >= 0.6 is 31.9 Å². The normalized spacial score (nSPS) is 12.7. The molecule has 0 aliphatic heterocycles. The van der Waals surface area contributed by atoms with Crippen LogP contribution in [0.1, 0.15) is 23.1 Å². The molecule has 1 aromatic carbocycles. The lowest BCUT2D eigenvalue weighted by Gasteiger charge is -2.12. The summed E-state index contributed by atoms with van der Waals surface area (Å²) >= 11 is 6.85. The average Bonchev–Trinajstić information content (AvgIpc) is 2.56. The maximum Gasteiger partial charge on any atom is 0.0846 e. The third kappa shape index (κ3) is 3.22. The van der Waals surface area contributed by atoms with E-state index in [-0.39, 0.29) is 0 Å². The number of halogens is 2. The molecule has 0 amide bonds. The van der Waals surface area contributed by atoms with Gasteiger partial charge in [-0.1, -0.05) is 31.9 Å². The van der Waals surface area contributed by atoms with Crippen molar-refractivity contribution in [2.45, 2.75) is 19.4 Å². The molecule has 2 rings (SSSR count). The molecule has 0 fully saturated rings. The molecule has 96 valence electrons. The lowest BCUT2D eigenvalue weighted by Crippen LogP contribution is -2.06. The van der Waals surface area contributed by atoms with Crippen molar-refractivity contribution in [2.75, 3.05) is 0 Å². The highest BCUT2D eigenvalue weighted by Crippen LogP contribution is 2.26. The van der Waals surface area contributed by atoms with Gasteiger partial charge < -0.3 is 5.11 Å². The minimum absolute atomic E-state index is 0.534. The van der Waals surface area contributed by atoms with Crippen LogP contribution in [0.4, 0.5) is 0 Å². The summed E-state index contributed by atoms with van der Waals surface area (Å²) in [5, 5.41) is 14.6. The van der Waals surface area contributed by atoms with E-state index in [0.717, 1.165) is 25.9 Å². The third-order valence-electron chi connectivity index (χ3n) is 2.77. The Hall–Kier alpha value is -0.650. The number of aliphatic hydroxyl groups excluding tert-OH is 1. The monoisotopic (exact) mass is 372 g/mol. The molecule has 1 aromatic heterocycles. The number of nitrogens with zero attached hydrogens (tertiary/aromatic N) is 2. The maximum absolute atomic E-state index is 10.3. The Kier molecular flexibility index (Phi) is 4.25. The summed E-state index contributed by atoms with van der Waals surface area (Å²) in [6.07, 6.45) is 0.0221. The van der Waals surface area contributed by atoms with E-state index in [2.05, 4.69) is 37.0 Å². The molecular weight excluding hydrogens is 360 g/mol. The first-order valence-electron chi connectivity index (χ1n) is 5.59. The largest absolute Gasteiger partial charge is 0.388 e. The molecule has 0 aliphatic rings. The second kappa shape index (κ2) is 5.55. The predicted octanol–water partition coefficient (Wildman–Crippen LogP) is 3.53. The Morgan fingerprint density at radius 3 is 2.33 bits per heavy atom. The SMILES string of the molecule is Cc1cc(CC(O)c2cc(Br)cc(Br)c2)n(C)n1. The number of aryl methyl sites for hydroxylation is 2. The van der Waals surface area contributed by atoms with Gasteiger partial charge in [0.2, 0.25) is 0 Å². The average molecular weight is 374 g/mol. The fourth-order valence-corrected chi connectivity index (χ4v) is 3.27. The summed E-state index contributed by atoms with van der Waals surface area (Å²) in [4.78, 5) is 0. The molecule has 0 aliphatic carbocycles. The topological polar surface area (TPSA) is 38.0 Å². The highest BCUT2D eigenvalue weighted by atomic mass is 79.9. The van der Waals surface area contributed by atoms with E-state index >= 15 is 0 Å². The first-order chi connectivity index (χ1) is 8.45. The van der Waals surface area contributed by atoms with Gasteiger partial charge in [-0.15, -0.1) is 0 Å². The van der Waals surface area contributed by atoms with E-state index < -0.39 is 6.10 Å². The summed E-state index contributed by atoms with van der Waals surface area (Å²) < 4.78 is 3.71. The molecule has 1 N–H and O–H groups in total. The van der Waals surface area contributed by atoms with E-state index in [9.17, 15) is 5.11 Å². The van der Waals surface area contributed by atoms with Crippen molar-refractivity contribution in [3.63, 3.8) is 0 Å². The highest BCUT2D eigenvalue weighted by Gasteiger charge is 2.13. The molecule has 5 heteroatoms. The Balaban J connectivity index is 2.21. The third-order valence-corrected chi connectivity index (χ3v) is 3.69. The summed E-state index contributed by atoms with van der Waals surface area (Å²) in [6, 6.07) is 7.80. The van der Waals surface area contributed by atoms with Crippen molar-refractivity contribution in [3.05, 3.63) is 50.2 Å². The molecule has 3 nitrogen and oxygen atoms in total. The summed E-state index contributed by atoms with van der Waals surface area (Å²) in [6.45, 7) is 1.95. The van der Waals surface area contributed by atoms with Crippen LogP contribution < -0.4 is 0 Å². The molecule has 1 heterocycles. The van der Waals surface area contributed by atoms with Gasteiger partial charge in [-0.25, -0.2) is 0 Å². The fourth-order valence-electron chi connectivity index (χ4n) is 1.94. The van der Waals surface area contributed by atoms with Crippen LogP contribution in [0, 0.1) is 6.92 Å². The van der Waals surface area contributed by atoms with Crippen molar-refractivity contribution >= 4 is 31.9 Å². The fraction of sp³-hybridized carbons (Fsp3) is 0.308. The van der Waals surface area contributed by atoms with Gasteiger partial charge in [0.15, 0.2) is 0 Å². The summed E-state index contributed by atoms with van der Waals surface area (Å²) in [5.41, 5.74) is 2.88. The van der Waals surface area contributed by atoms with Gasteiger partial charge in [0, 0.05) is 28.1 Å². The predicted molar refractivity (Wildman–Crippen MR) is 78.5 cm³/mol. The van der Waals surface area contributed by atoms with Crippen LogP contribution in [0.15, 0.2) is 33.2 Å². The van der Waals surface area contributed by atoms with Crippen LogP contribution in [0.5, 0.6) is 0 Å². The van der Waals surface area contributed by atoms with E-state index in [1.54, 1.807) is 0 Å². The quantitative estimate of drug-likeness (QED) is 0.893. The minimum atomic E-state index is -0.534. The van der Waals surface area contributed by atoms with Crippen LogP contribution in [0.25, 0.3) is 0 Å². The molecule has 0 bridgehead atoms. The number of benzene rings is 1. The van der Waals surface area contributed by atoms with Gasteiger partial charge in [0.25, 0.3) is 0 Å². The Morgan fingerprint density at radius 1 is 1.22 bits per heavy atom. The number of rotatable bonds is 3.